The molecule has 0 aliphatic carbocycles. The molecule has 1 aliphatic heterocycles. The maximum atomic E-state index is 12.6. The number of hydrogen-bond donors (Lipinski definition) is 1. The molecule has 0 radical (unpaired) electrons. The van der Waals surface area contributed by atoms with Crippen molar-refractivity contribution in [2.24, 2.45) is 0 Å². The third-order valence-electron chi connectivity index (χ3n) is 2.83. The van der Waals surface area contributed by atoms with Gasteiger partial charge in [0.25, 0.3) is 6.43 Å². The van der Waals surface area contributed by atoms with Crippen molar-refractivity contribution in [1.29, 1.82) is 0 Å². The summed E-state index contributed by atoms with van der Waals surface area (Å²) in [4.78, 5) is 0. The molecule has 1 saturated heterocycles. The number of benzene rings is 1. The first-order valence-corrected chi connectivity index (χ1v) is 5.39. The van der Waals surface area contributed by atoms with Gasteiger partial charge in [-0.1, -0.05) is 12.1 Å². The third-order valence-corrected chi connectivity index (χ3v) is 2.83. The normalized spacial score (nSPS) is 21.4. The van der Waals surface area contributed by atoms with Crippen LogP contribution < -0.4 is 5.32 Å². The van der Waals surface area contributed by atoms with E-state index < -0.39 is 6.43 Å². The average molecular weight is 227 g/mol. The van der Waals surface area contributed by atoms with E-state index >= 15 is 0 Å². The first-order chi connectivity index (χ1) is 7.68. The number of alkyl halides is 2. The molecule has 1 heterocycles. The summed E-state index contributed by atoms with van der Waals surface area (Å²) >= 11 is 0. The van der Waals surface area contributed by atoms with Gasteiger partial charge in [0.05, 0.1) is 12.7 Å². The lowest BCUT2D eigenvalue weighted by atomic mass is 9.99. The van der Waals surface area contributed by atoms with Gasteiger partial charge in [-0.25, -0.2) is 8.78 Å². The van der Waals surface area contributed by atoms with Crippen LogP contribution in [0.3, 0.4) is 0 Å². The number of aryl methyl sites for hydroxylation is 1. The minimum atomic E-state index is -2.42. The van der Waals surface area contributed by atoms with Gasteiger partial charge in [-0.15, -0.1) is 0 Å². The molecule has 88 valence electrons. The zero-order valence-corrected chi connectivity index (χ0v) is 9.17. The van der Waals surface area contributed by atoms with Gasteiger partial charge >= 0.3 is 0 Å². The van der Waals surface area contributed by atoms with Crippen molar-refractivity contribution in [3.8, 4) is 0 Å². The van der Waals surface area contributed by atoms with Gasteiger partial charge in [-0.2, -0.15) is 0 Å². The number of halogens is 2. The first-order valence-electron chi connectivity index (χ1n) is 5.39. The minimum absolute atomic E-state index is 0.0646. The fourth-order valence-corrected chi connectivity index (χ4v) is 1.91. The lowest BCUT2D eigenvalue weighted by Gasteiger charge is -2.25. The molecular weight excluding hydrogens is 212 g/mol. The second-order valence-corrected chi connectivity index (χ2v) is 3.98. The van der Waals surface area contributed by atoms with Crippen molar-refractivity contribution >= 4 is 0 Å². The molecule has 1 unspecified atom stereocenters. The summed E-state index contributed by atoms with van der Waals surface area (Å²) in [5, 5.41) is 3.20. The molecule has 1 aromatic rings. The maximum Gasteiger partial charge on any atom is 0.263 e. The summed E-state index contributed by atoms with van der Waals surface area (Å²) in [5.41, 5.74) is 1.93. The minimum Gasteiger partial charge on any atom is -0.371 e. The molecule has 16 heavy (non-hydrogen) atoms. The Balaban J connectivity index is 2.27. The molecular formula is C12H15F2NO. The smallest absolute Gasteiger partial charge is 0.263 e. The highest BCUT2D eigenvalue weighted by Gasteiger charge is 2.19. The zero-order valence-electron chi connectivity index (χ0n) is 9.17. The Labute approximate surface area is 93.6 Å². The van der Waals surface area contributed by atoms with Crippen LogP contribution in [0.4, 0.5) is 8.78 Å². The van der Waals surface area contributed by atoms with E-state index in [0.29, 0.717) is 13.2 Å². The van der Waals surface area contributed by atoms with E-state index in [1.54, 1.807) is 12.1 Å². The average Bonchev–Trinajstić information content (AvgIpc) is 2.30. The van der Waals surface area contributed by atoms with Crippen molar-refractivity contribution in [3.63, 3.8) is 0 Å². The van der Waals surface area contributed by atoms with Crippen molar-refractivity contribution in [1.82, 2.24) is 5.32 Å². The predicted molar refractivity (Wildman–Crippen MR) is 57.7 cm³/mol. The highest BCUT2D eigenvalue weighted by atomic mass is 19.3. The first kappa shape index (κ1) is 11.5. The van der Waals surface area contributed by atoms with E-state index in [2.05, 4.69) is 5.32 Å². The summed E-state index contributed by atoms with van der Waals surface area (Å²) in [7, 11) is 0. The second kappa shape index (κ2) is 4.89. The molecule has 2 rings (SSSR count). The lowest BCUT2D eigenvalue weighted by molar-refractivity contribution is 0.0271. The van der Waals surface area contributed by atoms with Gasteiger partial charge in [0.15, 0.2) is 0 Å². The monoisotopic (exact) mass is 227 g/mol. The Kier molecular flexibility index (Phi) is 3.51. The number of hydrogen-bond acceptors (Lipinski definition) is 2. The quantitative estimate of drug-likeness (QED) is 0.838. The van der Waals surface area contributed by atoms with Crippen LogP contribution in [0, 0.1) is 6.92 Å². The lowest BCUT2D eigenvalue weighted by Crippen LogP contribution is -2.33. The molecule has 1 fully saturated rings. The molecule has 1 aliphatic rings. The van der Waals surface area contributed by atoms with E-state index in [0.717, 1.165) is 17.7 Å². The van der Waals surface area contributed by atoms with Gasteiger partial charge in [0, 0.05) is 18.7 Å². The van der Waals surface area contributed by atoms with Crippen LogP contribution >= 0.6 is 0 Å². The summed E-state index contributed by atoms with van der Waals surface area (Å²) in [6.07, 6.45) is -2.52. The van der Waals surface area contributed by atoms with Crippen LogP contribution in [0.2, 0.25) is 0 Å². The molecule has 0 spiro atoms. The SMILES string of the molecule is Cc1ccc(C(F)F)cc1C1CNCCO1. The Morgan fingerprint density at radius 2 is 2.25 bits per heavy atom. The molecule has 0 bridgehead atoms. The van der Waals surface area contributed by atoms with Gasteiger partial charge < -0.3 is 10.1 Å². The van der Waals surface area contributed by atoms with Gasteiger partial charge in [0.2, 0.25) is 0 Å². The second-order valence-electron chi connectivity index (χ2n) is 3.98. The Hall–Kier alpha value is -1.00. The Bertz CT molecular complexity index is 362. The van der Waals surface area contributed by atoms with Gasteiger partial charge in [-0.05, 0) is 24.1 Å². The van der Waals surface area contributed by atoms with Crippen molar-refractivity contribution < 1.29 is 13.5 Å². The van der Waals surface area contributed by atoms with Crippen molar-refractivity contribution in [2.75, 3.05) is 19.7 Å². The molecule has 1 atom stereocenters. The van der Waals surface area contributed by atoms with E-state index in [4.69, 9.17) is 4.74 Å². The highest BCUT2D eigenvalue weighted by molar-refractivity contribution is 5.33. The van der Waals surface area contributed by atoms with Crippen LogP contribution in [0.15, 0.2) is 18.2 Å². The molecule has 1 aromatic carbocycles. The van der Waals surface area contributed by atoms with Crippen LogP contribution in [0.1, 0.15) is 29.2 Å². The number of ether oxygens (including phenoxy) is 1. The molecule has 1 N–H and O–H groups in total. The predicted octanol–water partition coefficient (Wildman–Crippen LogP) is 2.59. The topological polar surface area (TPSA) is 21.3 Å². The largest absolute Gasteiger partial charge is 0.371 e. The third kappa shape index (κ3) is 2.39. The molecule has 0 amide bonds. The van der Waals surface area contributed by atoms with Crippen LogP contribution in [-0.4, -0.2) is 19.7 Å². The standard InChI is InChI=1S/C12H15F2NO/c1-8-2-3-9(12(13)14)6-10(8)11-7-15-4-5-16-11/h2-3,6,11-12,15H,4-5,7H2,1H3. The summed E-state index contributed by atoms with van der Waals surface area (Å²) in [5.74, 6) is 0. The molecule has 4 heteroatoms. The highest BCUT2D eigenvalue weighted by Crippen LogP contribution is 2.27. The fourth-order valence-electron chi connectivity index (χ4n) is 1.91. The van der Waals surface area contributed by atoms with E-state index in [1.165, 1.54) is 6.07 Å². The summed E-state index contributed by atoms with van der Waals surface area (Å²) in [6.45, 7) is 4.06. The summed E-state index contributed by atoms with van der Waals surface area (Å²) < 4.78 is 30.8. The van der Waals surface area contributed by atoms with E-state index in [-0.39, 0.29) is 11.7 Å². The van der Waals surface area contributed by atoms with E-state index in [1.807, 2.05) is 6.92 Å². The zero-order chi connectivity index (χ0) is 11.5. The molecule has 0 saturated carbocycles. The van der Waals surface area contributed by atoms with Crippen molar-refractivity contribution in [3.05, 3.63) is 34.9 Å². The van der Waals surface area contributed by atoms with Crippen molar-refractivity contribution in [2.45, 2.75) is 19.5 Å². The number of nitrogens with one attached hydrogen (secondary N) is 1. The number of morpholine rings is 1. The Morgan fingerprint density at radius 1 is 1.44 bits per heavy atom. The summed E-state index contributed by atoms with van der Waals surface area (Å²) in [6, 6.07) is 4.76. The van der Waals surface area contributed by atoms with E-state index in [9.17, 15) is 8.78 Å². The maximum absolute atomic E-state index is 12.6. The molecule has 0 aromatic heterocycles. The number of rotatable bonds is 2. The Morgan fingerprint density at radius 3 is 2.88 bits per heavy atom. The van der Waals surface area contributed by atoms with Gasteiger partial charge in [0.1, 0.15) is 0 Å². The van der Waals surface area contributed by atoms with Crippen LogP contribution in [-0.2, 0) is 4.74 Å². The van der Waals surface area contributed by atoms with Crippen LogP contribution in [0.5, 0.6) is 0 Å². The molecule has 2 nitrogen and oxygen atoms in total. The fraction of sp³-hybridized carbons (Fsp3) is 0.500. The van der Waals surface area contributed by atoms with Crippen LogP contribution in [0.25, 0.3) is 0 Å². The van der Waals surface area contributed by atoms with Gasteiger partial charge in [-0.3, -0.25) is 0 Å².